The first-order valence-electron chi connectivity index (χ1n) is 4.78. The maximum Gasteiger partial charge on any atom is 0.317 e. The van der Waals surface area contributed by atoms with Gasteiger partial charge in [-0.1, -0.05) is 30.3 Å². The molecule has 1 rings (SSSR count). The lowest BCUT2D eigenvalue weighted by Crippen LogP contribution is -2.38. The van der Waals surface area contributed by atoms with Crippen LogP contribution in [0.15, 0.2) is 30.3 Å². The second-order valence-electron chi connectivity index (χ2n) is 3.49. The number of hydrogen-bond acceptors (Lipinski definition) is 2. The minimum absolute atomic E-state index is 0.108. The second kappa shape index (κ2) is 5.36. The molecule has 0 saturated heterocycles. The SMILES string of the molecule is CN(C)C(=O)N[C@@H](CO)c1ccccc1. The van der Waals surface area contributed by atoms with E-state index in [1.54, 1.807) is 14.1 Å². The van der Waals surface area contributed by atoms with Gasteiger partial charge in [-0.2, -0.15) is 0 Å². The van der Waals surface area contributed by atoms with Crippen molar-refractivity contribution in [1.82, 2.24) is 10.2 Å². The number of urea groups is 1. The van der Waals surface area contributed by atoms with Crippen LogP contribution in [0.25, 0.3) is 0 Å². The summed E-state index contributed by atoms with van der Waals surface area (Å²) in [4.78, 5) is 12.8. The van der Waals surface area contributed by atoms with Crippen molar-refractivity contribution in [1.29, 1.82) is 0 Å². The Labute approximate surface area is 89.5 Å². The van der Waals surface area contributed by atoms with Gasteiger partial charge >= 0.3 is 6.03 Å². The Morgan fingerprint density at radius 2 is 2.00 bits per heavy atom. The molecular weight excluding hydrogens is 192 g/mol. The highest BCUT2D eigenvalue weighted by Crippen LogP contribution is 2.11. The van der Waals surface area contributed by atoms with Gasteiger partial charge in [0.1, 0.15) is 0 Å². The van der Waals surface area contributed by atoms with E-state index in [4.69, 9.17) is 0 Å². The lowest BCUT2D eigenvalue weighted by molar-refractivity contribution is 0.198. The fraction of sp³-hybridized carbons (Fsp3) is 0.364. The number of rotatable bonds is 3. The zero-order valence-corrected chi connectivity index (χ0v) is 8.97. The van der Waals surface area contributed by atoms with Gasteiger partial charge in [-0.3, -0.25) is 0 Å². The summed E-state index contributed by atoms with van der Waals surface area (Å²) >= 11 is 0. The Morgan fingerprint density at radius 3 is 2.47 bits per heavy atom. The molecule has 4 heteroatoms. The molecule has 0 aromatic heterocycles. The first kappa shape index (κ1) is 11.5. The van der Waals surface area contributed by atoms with Crippen LogP contribution in [0.4, 0.5) is 4.79 Å². The molecule has 0 heterocycles. The van der Waals surface area contributed by atoms with Crippen molar-refractivity contribution in [2.45, 2.75) is 6.04 Å². The third-order valence-electron chi connectivity index (χ3n) is 2.09. The van der Waals surface area contributed by atoms with Crippen LogP contribution in [0.3, 0.4) is 0 Å². The van der Waals surface area contributed by atoms with E-state index < -0.39 is 0 Å². The summed E-state index contributed by atoms with van der Waals surface area (Å²) in [6, 6.07) is 8.83. The van der Waals surface area contributed by atoms with E-state index in [9.17, 15) is 9.90 Å². The summed E-state index contributed by atoms with van der Waals surface area (Å²) in [6.45, 7) is -0.108. The summed E-state index contributed by atoms with van der Waals surface area (Å²) in [7, 11) is 3.32. The Balaban J connectivity index is 2.69. The summed E-state index contributed by atoms with van der Waals surface area (Å²) in [6.07, 6.45) is 0. The molecule has 15 heavy (non-hydrogen) atoms. The van der Waals surface area contributed by atoms with Crippen molar-refractivity contribution in [2.75, 3.05) is 20.7 Å². The molecule has 2 N–H and O–H groups in total. The quantitative estimate of drug-likeness (QED) is 0.778. The van der Waals surface area contributed by atoms with E-state index in [2.05, 4.69) is 5.32 Å². The molecule has 1 aromatic rings. The molecule has 1 aromatic carbocycles. The Hall–Kier alpha value is -1.55. The minimum atomic E-state index is -0.346. The molecule has 1 atom stereocenters. The largest absolute Gasteiger partial charge is 0.394 e. The molecule has 82 valence electrons. The molecule has 4 nitrogen and oxygen atoms in total. The van der Waals surface area contributed by atoms with Crippen molar-refractivity contribution >= 4 is 6.03 Å². The van der Waals surface area contributed by atoms with Crippen molar-refractivity contribution < 1.29 is 9.90 Å². The van der Waals surface area contributed by atoms with Crippen LogP contribution in [0.1, 0.15) is 11.6 Å². The molecule has 0 radical (unpaired) electrons. The summed E-state index contributed by atoms with van der Waals surface area (Å²) in [5.74, 6) is 0. The zero-order valence-electron chi connectivity index (χ0n) is 8.97. The van der Waals surface area contributed by atoms with Gasteiger partial charge in [-0.05, 0) is 5.56 Å². The van der Waals surface area contributed by atoms with E-state index in [0.717, 1.165) is 5.56 Å². The molecule has 2 amide bonds. The monoisotopic (exact) mass is 208 g/mol. The van der Waals surface area contributed by atoms with Crippen molar-refractivity contribution in [2.24, 2.45) is 0 Å². The minimum Gasteiger partial charge on any atom is -0.394 e. The smallest absolute Gasteiger partial charge is 0.317 e. The maximum atomic E-state index is 11.4. The number of carbonyl (C=O) groups is 1. The van der Waals surface area contributed by atoms with Gasteiger partial charge in [-0.15, -0.1) is 0 Å². The van der Waals surface area contributed by atoms with Crippen molar-refractivity contribution in [3.8, 4) is 0 Å². The zero-order chi connectivity index (χ0) is 11.3. The third-order valence-corrected chi connectivity index (χ3v) is 2.09. The lowest BCUT2D eigenvalue weighted by Gasteiger charge is -2.19. The molecule has 0 aliphatic heterocycles. The average molecular weight is 208 g/mol. The predicted octanol–water partition coefficient (Wildman–Crippen LogP) is 0.991. The summed E-state index contributed by atoms with van der Waals surface area (Å²) in [5, 5.41) is 11.9. The lowest BCUT2D eigenvalue weighted by atomic mass is 10.1. The third kappa shape index (κ3) is 3.25. The molecule has 0 aliphatic carbocycles. The number of nitrogens with zero attached hydrogens (tertiary/aromatic N) is 1. The fourth-order valence-corrected chi connectivity index (χ4v) is 1.20. The molecule has 0 bridgehead atoms. The van der Waals surface area contributed by atoms with Crippen LogP contribution in [-0.4, -0.2) is 36.7 Å². The second-order valence-corrected chi connectivity index (χ2v) is 3.49. The number of hydrogen-bond donors (Lipinski definition) is 2. The number of benzene rings is 1. The molecule has 0 fully saturated rings. The van der Waals surface area contributed by atoms with Crippen LogP contribution in [-0.2, 0) is 0 Å². The molecule has 0 unspecified atom stereocenters. The van der Waals surface area contributed by atoms with E-state index in [0.29, 0.717) is 0 Å². The Morgan fingerprint density at radius 1 is 1.40 bits per heavy atom. The first-order chi connectivity index (χ1) is 7.15. The van der Waals surface area contributed by atoms with E-state index in [-0.39, 0.29) is 18.7 Å². The summed E-state index contributed by atoms with van der Waals surface area (Å²) in [5.41, 5.74) is 0.898. The highest BCUT2D eigenvalue weighted by molar-refractivity contribution is 5.74. The van der Waals surface area contributed by atoms with E-state index in [1.807, 2.05) is 30.3 Å². The van der Waals surface area contributed by atoms with Crippen molar-refractivity contribution in [3.05, 3.63) is 35.9 Å². The Bertz CT molecular complexity index is 312. The number of aliphatic hydroxyl groups is 1. The molecule has 0 saturated carbocycles. The predicted molar refractivity (Wildman–Crippen MR) is 58.5 cm³/mol. The van der Waals surface area contributed by atoms with Gasteiger partial charge < -0.3 is 15.3 Å². The van der Waals surface area contributed by atoms with Crippen LogP contribution in [0.2, 0.25) is 0 Å². The molecule has 0 spiro atoms. The van der Waals surface area contributed by atoms with Gasteiger partial charge in [-0.25, -0.2) is 4.79 Å². The topological polar surface area (TPSA) is 52.6 Å². The number of amides is 2. The van der Waals surface area contributed by atoms with Gasteiger partial charge in [0, 0.05) is 14.1 Å². The first-order valence-corrected chi connectivity index (χ1v) is 4.78. The van der Waals surface area contributed by atoms with Gasteiger partial charge in [0.15, 0.2) is 0 Å². The standard InChI is InChI=1S/C11H16N2O2/c1-13(2)11(15)12-10(8-14)9-6-4-3-5-7-9/h3-7,10,14H,8H2,1-2H3,(H,12,15)/t10-/m0/s1. The number of carbonyl (C=O) groups excluding carboxylic acids is 1. The highest BCUT2D eigenvalue weighted by Gasteiger charge is 2.13. The number of nitrogens with one attached hydrogen (secondary N) is 1. The fourth-order valence-electron chi connectivity index (χ4n) is 1.20. The molecule has 0 aliphatic rings. The Kier molecular flexibility index (Phi) is 4.12. The van der Waals surface area contributed by atoms with Crippen LogP contribution < -0.4 is 5.32 Å². The van der Waals surface area contributed by atoms with Gasteiger partial charge in [0.2, 0.25) is 0 Å². The highest BCUT2D eigenvalue weighted by atomic mass is 16.3. The van der Waals surface area contributed by atoms with Gasteiger partial charge in [0.25, 0.3) is 0 Å². The number of aliphatic hydroxyl groups excluding tert-OH is 1. The van der Waals surface area contributed by atoms with E-state index in [1.165, 1.54) is 4.90 Å². The van der Waals surface area contributed by atoms with Crippen molar-refractivity contribution in [3.63, 3.8) is 0 Å². The van der Waals surface area contributed by atoms with Gasteiger partial charge in [0.05, 0.1) is 12.6 Å². The van der Waals surface area contributed by atoms with Crippen LogP contribution in [0.5, 0.6) is 0 Å². The summed E-state index contributed by atoms with van der Waals surface area (Å²) < 4.78 is 0. The molecular formula is C11H16N2O2. The van der Waals surface area contributed by atoms with E-state index >= 15 is 0 Å². The maximum absolute atomic E-state index is 11.4. The average Bonchev–Trinajstić information content (AvgIpc) is 2.26. The van der Waals surface area contributed by atoms with Crippen LogP contribution in [0, 0.1) is 0 Å². The normalized spacial score (nSPS) is 11.9. The van der Waals surface area contributed by atoms with Crippen LogP contribution >= 0.6 is 0 Å².